The highest BCUT2D eigenvalue weighted by atomic mass is 79.9. The molecule has 0 fully saturated rings. The molecule has 1 aromatic rings. The number of carbonyl (C=O) groups excluding carboxylic acids is 1. The van der Waals surface area contributed by atoms with Gasteiger partial charge in [-0.05, 0) is 31.4 Å². The van der Waals surface area contributed by atoms with E-state index in [-0.39, 0.29) is 10.6 Å². The quantitative estimate of drug-likeness (QED) is 0.763. The Bertz CT molecular complexity index is 358. The fourth-order valence-electron chi connectivity index (χ4n) is 1.55. The van der Waals surface area contributed by atoms with Gasteiger partial charge >= 0.3 is 0 Å². The summed E-state index contributed by atoms with van der Waals surface area (Å²) in [6, 6.07) is 6.37. The van der Waals surface area contributed by atoms with E-state index in [4.69, 9.17) is 0 Å². The summed E-state index contributed by atoms with van der Waals surface area (Å²) in [5, 5.41) is 0. The molecule has 0 heterocycles. The van der Waals surface area contributed by atoms with Gasteiger partial charge in [0.1, 0.15) is 5.78 Å². The van der Waals surface area contributed by atoms with E-state index >= 15 is 0 Å². The first-order valence-electron chi connectivity index (χ1n) is 5.27. The molecule has 82 valence electrons. The lowest BCUT2D eigenvalue weighted by Gasteiger charge is -2.10. The summed E-state index contributed by atoms with van der Waals surface area (Å²) in [5.41, 5.74) is 3.77. The third-order valence-corrected chi connectivity index (χ3v) is 3.44. The Kier molecular flexibility index (Phi) is 4.52. The highest BCUT2D eigenvalue weighted by molar-refractivity contribution is 9.10. The SMILES string of the molecule is CCC(=O)C(Br)Cc1cc(C)ccc1C. The number of benzene rings is 1. The van der Waals surface area contributed by atoms with Crippen LogP contribution in [0.1, 0.15) is 30.0 Å². The lowest BCUT2D eigenvalue weighted by Crippen LogP contribution is -2.16. The van der Waals surface area contributed by atoms with Crippen LogP contribution >= 0.6 is 15.9 Å². The van der Waals surface area contributed by atoms with Crippen molar-refractivity contribution >= 4 is 21.7 Å². The van der Waals surface area contributed by atoms with Gasteiger partial charge in [-0.2, -0.15) is 0 Å². The maximum Gasteiger partial charge on any atom is 0.146 e. The number of alkyl halides is 1. The highest BCUT2D eigenvalue weighted by Gasteiger charge is 2.14. The molecule has 0 bridgehead atoms. The first kappa shape index (κ1) is 12.4. The van der Waals surface area contributed by atoms with Crippen LogP contribution in [0.3, 0.4) is 0 Å². The fraction of sp³-hybridized carbons (Fsp3) is 0.462. The molecule has 0 N–H and O–H groups in total. The van der Waals surface area contributed by atoms with E-state index in [0.29, 0.717) is 6.42 Å². The first-order chi connectivity index (χ1) is 7.04. The first-order valence-corrected chi connectivity index (χ1v) is 6.19. The maximum absolute atomic E-state index is 11.5. The van der Waals surface area contributed by atoms with Gasteiger partial charge in [0, 0.05) is 6.42 Å². The standard InChI is InChI=1S/C13H17BrO/c1-4-13(15)12(14)8-11-7-9(2)5-6-10(11)3/h5-7,12H,4,8H2,1-3H3. The van der Waals surface area contributed by atoms with E-state index in [9.17, 15) is 4.79 Å². The van der Waals surface area contributed by atoms with Crippen molar-refractivity contribution in [1.29, 1.82) is 0 Å². The third-order valence-electron chi connectivity index (χ3n) is 2.60. The lowest BCUT2D eigenvalue weighted by atomic mass is 10.00. The normalized spacial score (nSPS) is 12.5. The van der Waals surface area contributed by atoms with Crippen LogP contribution in [0.2, 0.25) is 0 Å². The number of halogens is 1. The molecule has 1 unspecified atom stereocenters. The van der Waals surface area contributed by atoms with Crippen molar-refractivity contribution in [2.75, 3.05) is 0 Å². The minimum Gasteiger partial charge on any atom is -0.298 e. The van der Waals surface area contributed by atoms with Crippen molar-refractivity contribution < 1.29 is 4.79 Å². The summed E-state index contributed by atoms with van der Waals surface area (Å²) in [6.07, 6.45) is 1.39. The summed E-state index contributed by atoms with van der Waals surface area (Å²) in [6.45, 7) is 6.07. The van der Waals surface area contributed by atoms with Crippen LogP contribution in [0.4, 0.5) is 0 Å². The molecular formula is C13H17BrO. The van der Waals surface area contributed by atoms with Gasteiger partial charge in [-0.1, -0.05) is 46.6 Å². The van der Waals surface area contributed by atoms with Crippen molar-refractivity contribution in [1.82, 2.24) is 0 Å². The van der Waals surface area contributed by atoms with Crippen LogP contribution in [0.25, 0.3) is 0 Å². The van der Waals surface area contributed by atoms with Gasteiger partial charge in [0.2, 0.25) is 0 Å². The van der Waals surface area contributed by atoms with E-state index < -0.39 is 0 Å². The van der Waals surface area contributed by atoms with Crippen molar-refractivity contribution in [3.05, 3.63) is 34.9 Å². The smallest absolute Gasteiger partial charge is 0.146 e. The minimum atomic E-state index is -0.0389. The monoisotopic (exact) mass is 268 g/mol. The average molecular weight is 269 g/mol. The van der Waals surface area contributed by atoms with Crippen molar-refractivity contribution in [3.63, 3.8) is 0 Å². The predicted molar refractivity (Wildman–Crippen MR) is 67.6 cm³/mol. The summed E-state index contributed by atoms with van der Waals surface area (Å²) < 4.78 is 0. The molecule has 1 nitrogen and oxygen atoms in total. The van der Waals surface area contributed by atoms with Crippen LogP contribution in [0.15, 0.2) is 18.2 Å². The predicted octanol–water partition coefficient (Wildman–Crippen LogP) is 3.59. The Morgan fingerprint density at radius 2 is 2.07 bits per heavy atom. The molecule has 0 radical (unpaired) electrons. The molecule has 15 heavy (non-hydrogen) atoms. The molecule has 0 aliphatic carbocycles. The van der Waals surface area contributed by atoms with Crippen LogP contribution in [-0.4, -0.2) is 10.6 Å². The molecule has 0 spiro atoms. The second-order valence-corrected chi connectivity index (χ2v) is 5.03. The summed E-state index contributed by atoms with van der Waals surface area (Å²) in [4.78, 5) is 11.4. The van der Waals surface area contributed by atoms with Gasteiger partial charge in [0.25, 0.3) is 0 Å². The van der Waals surface area contributed by atoms with E-state index in [2.05, 4.69) is 48.0 Å². The number of rotatable bonds is 4. The van der Waals surface area contributed by atoms with Crippen LogP contribution in [0.5, 0.6) is 0 Å². The zero-order chi connectivity index (χ0) is 11.4. The number of Topliss-reactive ketones (excluding diaryl/α,β-unsaturated/α-hetero) is 1. The van der Waals surface area contributed by atoms with Crippen LogP contribution in [-0.2, 0) is 11.2 Å². The maximum atomic E-state index is 11.5. The zero-order valence-corrected chi connectivity index (χ0v) is 11.1. The van der Waals surface area contributed by atoms with Crippen LogP contribution in [0, 0.1) is 13.8 Å². The molecule has 0 aromatic heterocycles. The van der Waals surface area contributed by atoms with Gasteiger partial charge in [0.05, 0.1) is 4.83 Å². The van der Waals surface area contributed by atoms with E-state index in [1.54, 1.807) is 0 Å². The van der Waals surface area contributed by atoms with Gasteiger partial charge in [-0.15, -0.1) is 0 Å². The molecule has 0 saturated heterocycles. The molecule has 0 amide bonds. The Hall–Kier alpha value is -0.630. The van der Waals surface area contributed by atoms with Gasteiger partial charge < -0.3 is 0 Å². The Labute approximate surface area is 100 Å². The van der Waals surface area contributed by atoms with Crippen molar-refractivity contribution in [2.45, 2.75) is 38.4 Å². The highest BCUT2D eigenvalue weighted by Crippen LogP contribution is 2.17. The summed E-state index contributed by atoms with van der Waals surface area (Å²) in [7, 11) is 0. The van der Waals surface area contributed by atoms with E-state index in [0.717, 1.165) is 6.42 Å². The number of hydrogen-bond acceptors (Lipinski definition) is 1. The zero-order valence-electron chi connectivity index (χ0n) is 9.51. The second-order valence-electron chi connectivity index (χ2n) is 3.92. The summed E-state index contributed by atoms with van der Waals surface area (Å²) in [5.74, 6) is 0.274. The van der Waals surface area contributed by atoms with E-state index in [1.165, 1.54) is 16.7 Å². The molecule has 1 aromatic carbocycles. The molecule has 0 saturated carbocycles. The Morgan fingerprint density at radius 1 is 1.40 bits per heavy atom. The Balaban J connectivity index is 2.80. The molecule has 1 rings (SSSR count). The number of ketones is 1. The molecule has 0 aliphatic rings. The topological polar surface area (TPSA) is 17.1 Å². The summed E-state index contributed by atoms with van der Waals surface area (Å²) >= 11 is 3.45. The van der Waals surface area contributed by atoms with Gasteiger partial charge in [-0.3, -0.25) is 4.79 Å². The number of aryl methyl sites for hydroxylation is 2. The number of carbonyl (C=O) groups is 1. The largest absolute Gasteiger partial charge is 0.298 e. The van der Waals surface area contributed by atoms with Crippen molar-refractivity contribution in [2.24, 2.45) is 0 Å². The molecular weight excluding hydrogens is 252 g/mol. The van der Waals surface area contributed by atoms with Crippen LogP contribution < -0.4 is 0 Å². The molecule has 2 heteroatoms. The van der Waals surface area contributed by atoms with Gasteiger partial charge in [0.15, 0.2) is 0 Å². The molecule has 1 atom stereocenters. The second kappa shape index (κ2) is 5.45. The lowest BCUT2D eigenvalue weighted by molar-refractivity contribution is -0.118. The Morgan fingerprint density at radius 3 is 2.67 bits per heavy atom. The van der Waals surface area contributed by atoms with Crippen molar-refractivity contribution in [3.8, 4) is 0 Å². The fourth-order valence-corrected chi connectivity index (χ4v) is 2.22. The average Bonchev–Trinajstić information content (AvgIpc) is 2.22. The minimum absolute atomic E-state index is 0.0389. The van der Waals surface area contributed by atoms with Gasteiger partial charge in [-0.25, -0.2) is 0 Å². The number of hydrogen-bond donors (Lipinski definition) is 0. The van der Waals surface area contributed by atoms with E-state index in [1.807, 2.05) is 6.92 Å². The molecule has 0 aliphatic heterocycles. The third kappa shape index (κ3) is 3.45.